The van der Waals surface area contributed by atoms with Gasteiger partial charge in [0, 0.05) is 42.2 Å². The minimum Gasteiger partial charge on any atom is -0.497 e. The Balaban J connectivity index is 0.000000261. The van der Waals surface area contributed by atoms with E-state index in [1.54, 1.807) is 109 Å². The molecule has 10 rings (SSSR count). The lowest BCUT2D eigenvalue weighted by molar-refractivity contribution is -0.142. The Morgan fingerprint density at radius 1 is 0.357 bits per heavy atom. The maximum Gasteiger partial charge on any atom is 0.338 e. The summed E-state index contributed by atoms with van der Waals surface area (Å²) in [5.74, 6) is -0.788. The molecular weight excluding hydrogens is 1650 g/mol. The smallest absolute Gasteiger partial charge is 0.338 e. The van der Waals surface area contributed by atoms with E-state index in [1.165, 1.54) is 25.3 Å². The number of rotatable bonds is 44. The van der Waals surface area contributed by atoms with Gasteiger partial charge in [0.05, 0.1) is 133 Å². The Morgan fingerprint density at radius 3 is 0.952 bits per heavy atom. The molecule has 0 radical (unpaired) electrons. The number of hydrogen-bond donors (Lipinski definition) is 0. The molecule has 7 aromatic rings. The van der Waals surface area contributed by atoms with Gasteiger partial charge in [-0.15, -0.1) is 0 Å². The van der Waals surface area contributed by atoms with Gasteiger partial charge in [0.25, 0.3) is 11.8 Å². The van der Waals surface area contributed by atoms with E-state index in [0.717, 1.165) is 122 Å². The van der Waals surface area contributed by atoms with Crippen molar-refractivity contribution in [3.8, 4) is 51.7 Å². The molecule has 0 spiro atoms. The summed E-state index contributed by atoms with van der Waals surface area (Å²) in [6, 6.07) is 36.4. The quantitative estimate of drug-likeness (QED) is 0.00855. The van der Waals surface area contributed by atoms with Crippen molar-refractivity contribution in [2.45, 2.75) is 142 Å². The highest BCUT2D eigenvalue weighted by Crippen LogP contribution is 2.44. The van der Waals surface area contributed by atoms with Crippen molar-refractivity contribution in [1.29, 1.82) is 0 Å². The van der Waals surface area contributed by atoms with Gasteiger partial charge in [0.15, 0.2) is 0 Å². The van der Waals surface area contributed by atoms with Gasteiger partial charge < -0.3 is 71.1 Å². The molecule has 2 fully saturated rings. The number of unbranched alkanes of at least 4 members (excludes halogenated alkanes) is 8. The SMILES string of the molecule is C=CC(=O)OCCCCCCOC(=O)c1ccc(OC)cc1.C=CC(=O)OCCCCCCOc1ccc(OC)cc1.C=CC(=O)OCCCCOC(=O)c1ccc(OC)cc1.C=CC(=O)OCCCCOc1ccc(OC)cc1.COc1ccc2sc(N3C(=O)c4c(OC(=O)C5CCC(C(C)=O)CC5)ccc(OC(=O)C5CCC(C(C)=O)CC5)c4C3=O)nc2c1. The average molecular weight is 1760 g/mol. The number of esters is 8. The summed E-state index contributed by atoms with van der Waals surface area (Å²) in [6.07, 6.45) is 19.0. The molecule has 2 heterocycles. The normalized spacial score (nSPS) is 14.5. The van der Waals surface area contributed by atoms with E-state index >= 15 is 0 Å². The molecule has 0 bridgehead atoms. The van der Waals surface area contributed by atoms with Crippen LogP contribution in [0.1, 0.15) is 184 Å². The molecule has 0 saturated heterocycles. The van der Waals surface area contributed by atoms with Crippen molar-refractivity contribution in [1.82, 2.24) is 4.98 Å². The maximum absolute atomic E-state index is 14.0. The molecule has 0 unspecified atom stereocenters. The van der Waals surface area contributed by atoms with Crippen LogP contribution < -0.4 is 47.5 Å². The summed E-state index contributed by atoms with van der Waals surface area (Å²) in [6.45, 7) is 19.9. The third-order valence-corrected chi connectivity index (χ3v) is 21.0. The molecule has 126 heavy (non-hydrogen) atoms. The Bertz CT molecular complexity index is 4630. The number of imide groups is 1. The van der Waals surface area contributed by atoms with Crippen LogP contribution in [0.5, 0.6) is 51.7 Å². The van der Waals surface area contributed by atoms with Gasteiger partial charge in [-0.1, -0.05) is 37.7 Å². The molecule has 2 aliphatic carbocycles. The summed E-state index contributed by atoms with van der Waals surface area (Å²) in [7, 11) is 7.93. The van der Waals surface area contributed by atoms with Crippen LogP contribution in [0.25, 0.3) is 10.2 Å². The molecule has 2 saturated carbocycles. The first-order chi connectivity index (χ1) is 60.9. The first kappa shape index (κ1) is 102. The van der Waals surface area contributed by atoms with E-state index in [-0.39, 0.29) is 81.6 Å². The van der Waals surface area contributed by atoms with Gasteiger partial charge in [-0.2, -0.15) is 0 Å². The number of methoxy groups -OCH3 is 5. The topological polar surface area (TPSA) is 359 Å². The van der Waals surface area contributed by atoms with Crippen LogP contribution >= 0.6 is 11.3 Å². The van der Waals surface area contributed by atoms with Crippen molar-refractivity contribution in [2.75, 3.05) is 93.3 Å². The molecule has 0 atom stereocenters. The lowest BCUT2D eigenvalue weighted by atomic mass is 9.80. The molecular formula is C96H114N2O27S. The fraction of sp³-hybridized carbons (Fsp3) is 0.406. The van der Waals surface area contributed by atoms with Crippen LogP contribution in [0.15, 0.2) is 178 Å². The predicted molar refractivity (Wildman–Crippen MR) is 471 cm³/mol. The number of carbonyl (C=O) groups excluding carboxylic acids is 12. The van der Waals surface area contributed by atoms with Gasteiger partial charge in [-0.3, -0.25) is 28.8 Å². The van der Waals surface area contributed by atoms with Crippen LogP contribution in [-0.2, 0) is 66.8 Å². The van der Waals surface area contributed by atoms with E-state index in [1.807, 2.05) is 48.5 Å². The van der Waals surface area contributed by atoms with Gasteiger partial charge in [-0.25, -0.2) is 38.7 Å². The predicted octanol–water partition coefficient (Wildman–Crippen LogP) is 17.2. The third kappa shape index (κ3) is 35.3. The van der Waals surface area contributed by atoms with Gasteiger partial charge in [0.2, 0.25) is 5.13 Å². The number of anilines is 1. The van der Waals surface area contributed by atoms with Crippen molar-refractivity contribution < 1.29 is 129 Å². The fourth-order valence-electron chi connectivity index (χ4n) is 12.7. The van der Waals surface area contributed by atoms with Crippen LogP contribution in [-0.4, -0.2) is 165 Å². The van der Waals surface area contributed by atoms with Crippen LogP contribution in [0, 0.1) is 23.7 Å². The number of ether oxygens (including phenoxy) is 15. The monoisotopic (exact) mass is 1760 g/mol. The zero-order valence-corrected chi connectivity index (χ0v) is 73.5. The Kier molecular flexibility index (Phi) is 45.8. The minimum absolute atomic E-state index is 0.0821. The number of nitrogens with zero attached hydrogens (tertiary/aromatic N) is 2. The second-order valence-corrected chi connectivity index (χ2v) is 29.8. The Morgan fingerprint density at radius 2 is 0.635 bits per heavy atom. The zero-order valence-electron chi connectivity index (χ0n) is 72.7. The number of Topliss-reactive ketones (excluding diaryl/α,β-unsaturated/α-hetero) is 2. The van der Waals surface area contributed by atoms with Gasteiger partial charge in [0.1, 0.15) is 63.3 Å². The van der Waals surface area contributed by atoms with Crippen molar-refractivity contribution >= 4 is 97.8 Å². The van der Waals surface area contributed by atoms with Crippen molar-refractivity contribution in [3.63, 3.8) is 0 Å². The fourth-order valence-corrected chi connectivity index (χ4v) is 13.7. The number of aromatic nitrogens is 1. The van der Waals surface area contributed by atoms with E-state index in [9.17, 15) is 57.5 Å². The second kappa shape index (κ2) is 56.7. The molecule has 2 amide bonds. The number of amides is 2. The highest BCUT2D eigenvalue weighted by Gasteiger charge is 2.45. The number of benzene rings is 6. The first-order valence-electron chi connectivity index (χ1n) is 41.7. The molecule has 1 aromatic heterocycles. The van der Waals surface area contributed by atoms with E-state index in [2.05, 4.69) is 31.3 Å². The van der Waals surface area contributed by atoms with Crippen LogP contribution in [0.3, 0.4) is 0 Å². The number of carbonyl (C=O) groups is 12. The number of hydrogen-bond acceptors (Lipinski definition) is 29. The summed E-state index contributed by atoms with van der Waals surface area (Å²) < 4.78 is 78.5. The molecule has 6 aromatic carbocycles. The number of ketones is 2. The molecule has 29 nitrogen and oxygen atoms in total. The molecule has 0 N–H and O–H groups in total. The zero-order chi connectivity index (χ0) is 91.6. The number of fused-ring (bicyclic) bond motifs is 2. The lowest BCUT2D eigenvalue weighted by Gasteiger charge is -2.26. The van der Waals surface area contributed by atoms with E-state index < -0.39 is 47.5 Å². The first-order valence-corrected chi connectivity index (χ1v) is 42.5. The average Bonchev–Trinajstić information content (AvgIpc) is 1.58. The van der Waals surface area contributed by atoms with E-state index in [4.69, 9.17) is 71.1 Å². The lowest BCUT2D eigenvalue weighted by Crippen LogP contribution is -2.30. The van der Waals surface area contributed by atoms with Crippen LogP contribution in [0.4, 0.5) is 5.13 Å². The van der Waals surface area contributed by atoms with E-state index in [0.29, 0.717) is 149 Å². The minimum atomic E-state index is -0.756. The standard InChI is InChI=1S/C34H34N2O9S.C17H22O5.C16H22O4.C15H18O5.C14H18O4/c1-17(37)19-4-8-21(9-5-19)32(41)44-25-13-14-26(45-33(42)22-10-6-20(7-11-22)18(2)38)29-28(25)30(39)36(31(29)40)34-35-24-16-23(43-3)12-15-27(24)46-34;1-3-16(18)21-12-6-4-5-7-13-22-17(19)14-8-10-15(20-2)11-9-14;1-3-16(17)20-13-7-5-4-6-12-19-15-10-8-14(18-2)9-11-15;1-3-14(16)19-10-4-5-11-20-15(17)12-6-8-13(18-2)9-7-12;1-3-14(15)18-11-5-4-10-17-13-8-6-12(16-2)7-9-13/h12-16,19-22H,4-11H2,1-3H3;3,8-11H,1,4-7,12-13H2,2H3;3,8-11H,1,4-7,12-13H2,2H3;3,6-9H,1,4-5,10-11H2,2H3;3,6-9H,1,4-5,10-11H2,2H3. The second-order valence-electron chi connectivity index (χ2n) is 28.8. The summed E-state index contributed by atoms with van der Waals surface area (Å²) >= 11 is 1.13. The summed E-state index contributed by atoms with van der Waals surface area (Å²) in [5, 5.41) is 0.106. The van der Waals surface area contributed by atoms with Crippen LogP contribution in [0.2, 0.25) is 0 Å². The number of thiazole rings is 1. The summed E-state index contributed by atoms with van der Waals surface area (Å²) in [4.78, 5) is 150. The summed E-state index contributed by atoms with van der Waals surface area (Å²) in [5.41, 5.74) is 1.15. The highest BCUT2D eigenvalue weighted by atomic mass is 32.1. The Hall–Kier alpha value is -13.0. The van der Waals surface area contributed by atoms with Gasteiger partial charge in [-0.05, 0) is 264 Å². The highest BCUT2D eigenvalue weighted by molar-refractivity contribution is 7.22. The van der Waals surface area contributed by atoms with Crippen molar-refractivity contribution in [2.24, 2.45) is 23.7 Å². The molecule has 30 heteroatoms. The molecule has 676 valence electrons. The third-order valence-electron chi connectivity index (χ3n) is 20.0. The Labute approximate surface area is 738 Å². The molecule has 3 aliphatic rings. The van der Waals surface area contributed by atoms with Crippen molar-refractivity contribution in [3.05, 3.63) is 200 Å². The molecule has 1 aliphatic heterocycles. The maximum atomic E-state index is 14.0. The largest absolute Gasteiger partial charge is 0.497 e. The van der Waals surface area contributed by atoms with Gasteiger partial charge >= 0.3 is 47.8 Å².